The van der Waals surface area contributed by atoms with Gasteiger partial charge in [0.2, 0.25) is 0 Å². The van der Waals surface area contributed by atoms with E-state index < -0.39 is 43.5 Å². The van der Waals surface area contributed by atoms with Crippen molar-refractivity contribution in [3.05, 3.63) is 0 Å². The molecule has 0 rings (SSSR count). The molecule has 9 heteroatoms. The van der Waals surface area contributed by atoms with Gasteiger partial charge in [-0.15, -0.1) is 0 Å². The van der Waals surface area contributed by atoms with Crippen molar-refractivity contribution in [3.8, 4) is 0 Å². The number of hydrogen-bond acceptors (Lipinski definition) is 6. The summed E-state index contributed by atoms with van der Waals surface area (Å²) in [5.41, 5.74) is 0. The lowest BCUT2D eigenvalue weighted by molar-refractivity contribution is -0.0549. The zero-order valence-corrected chi connectivity index (χ0v) is 9.30. The smallest absolute Gasteiger partial charge is 0.330 e. The normalized spacial score (nSPS) is 18.3. The molecule has 0 aliphatic rings. The van der Waals surface area contributed by atoms with E-state index >= 15 is 0 Å². The van der Waals surface area contributed by atoms with Crippen molar-refractivity contribution in [3.63, 3.8) is 0 Å². The second kappa shape index (κ2) is 5.97. The largest absolute Gasteiger partial charge is 0.394 e. The molecule has 3 atom stereocenters. The predicted octanol–water partition coefficient (Wildman–Crippen LogP) is -2.39. The molecule has 0 aliphatic heterocycles. The quantitative estimate of drug-likeness (QED) is 0.230. The Kier molecular flexibility index (Phi) is 6.01. The number of rotatable bonds is 6. The van der Waals surface area contributed by atoms with E-state index in [1.54, 1.807) is 0 Å². The molecule has 0 saturated carbocycles. The van der Waals surface area contributed by atoms with Gasteiger partial charge >= 0.3 is 7.60 Å². The maximum absolute atomic E-state index is 10.5. The maximum atomic E-state index is 10.5. The Balaban J connectivity index is 4.38. The Labute approximate surface area is 91.2 Å². The Morgan fingerprint density at radius 1 is 1.27 bits per heavy atom. The fraction of sp³-hybridized carbons (Fsp3) is 0.833. The van der Waals surface area contributed by atoms with Gasteiger partial charge in [0.1, 0.15) is 18.3 Å². The van der Waals surface area contributed by atoms with Crippen molar-refractivity contribution in [2.24, 2.45) is 0 Å². The van der Waals surface area contributed by atoms with Gasteiger partial charge in [-0.2, -0.15) is 0 Å². The van der Waals surface area contributed by atoms with E-state index in [4.69, 9.17) is 25.1 Å². The van der Waals surface area contributed by atoms with Gasteiger partial charge in [-0.3, -0.25) is 4.57 Å². The van der Waals surface area contributed by atoms with Crippen LogP contribution in [0.25, 0.3) is 0 Å². The predicted molar refractivity (Wildman–Crippen MR) is 54.6 cm³/mol. The number of hydrogen-bond donors (Lipinski definition) is 6. The minimum absolute atomic E-state index is 0.469. The van der Waals surface area contributed by atoms with Gasteiger partial charge in [0, 0.05) is 4.86 Å². The third kappa shape index (κ3) is 5.64. The SMILES string of the molecule is O=P(O)(O)CC(=S)[C@H](O)[C@H](O)[C@H](O)CO. The van der Waals surface area contributed by atoms with E-state index in [1.807, 2.05) is 0 Å². The van der Waals surface area contributed by atoms with Crippen LogP contribution in [0.3, 0.4) is 0 Å². The first-order valence-corrected chi connectivity index (χ1v) is 6.12. The third-order valence-corrected chi connectivity index (χ3v) is 2.95. The van der Waals surface area contributed by atoms with E-state index in [2.05, 4.69) is 12.2 Å². The summed E-state index contributed by atoms with van der Waals surface area (Å²) in [6, 6.07) is 0. The molecule has 0 aromatic heterocycles. The third-order valence-electron chi connectivity index (χ3n) is 1.60. The summed E-state index contributed by atoms with van der Waals surface area (Å²) >= 11 is 4.47. The van der Waals surface area contributed by atoms with Crippen molar-refractivity contribution in [1.29, 1.82) is 0 Å². The van der Waals surface area contributed by atoms with E-state index in [9.17, 15) is 9.67 Å². The van der Waals surface area contributed by atoms with Gasteiger partial charge in [0.15, 0.2) is 0 Å². The van der Waals surface area contributed by atoms with Gasteiger partial charge in [-0.25, -0.2) is 0 Å². The fourth-order valence-corrected chi connectivity index (χ4v) is 2.04. The van der Waals surface area contributed by atoms with Crippen LogP contribution in [0.2, 0.25) is 0 Å². The van der Waals surface area contributed by atoms with Crippen LogP contribution in [0, 0.1) is 0 Å². The summed E-state index contributed by atoms with van der Waals surface area (Å²) in [5, 5.41) is 35.8. The second-order valence-electron chi connectivity index (χ2n) is 2.97. The molecule has 0 unspecified atom stereocenters. The van der Waals surface area contributed by atoms with Crippen LogP contribution in [-0.4, -0.2) is 66.2 Å². The van der Waals surface area contributed by atoms with Crippen molar-refractivity contribution in [2.45, 2.75) is 18.3 Å². The topological polar surface area (TPSA) is 138 Å². The van der Waals surface area contributed by atoms with Crippen molar-refractivity contribution in [1.82, 2.24) is 0 Å². The molecule has 7 nitrogen and oxygen atoms in total. The zero-order chi connectivity index (χ0) is 12.2. The summed E-state index contributed by atoms with van der Waals surface area (Å²) < 4.78 is 10.5. The van der Waals surface area contributed by atoms with Crippen molar-refractivity contribution < 1.29 is 34.8 Å². The number of aliphatic hydroxyl groups excluding tert-OH is 4. The summed E-state index contributed by atoms with van der Waals surface area (Å²) in [5.74, 6) is 0. The van der Waals surface area contributed by atoms with E-state index in [-0.39, 0.29) is 0 Å². The lowest BCUT2D eigenvalue weighted by atomic mass is 10.1. The van der Waals surface area contributed by atoms with Crippen LogP contribution in [0.4, 0.5) is 0 Å². The van der Waals surface area contributed by atoms with Gasteiger partial charge in [-0.1, -0.05) is 12.2 Å². The fourth-order valence-electron chi connectivity index (χ4n) is 0.805. The monoisotopic (exact) mass is 260 g/mol. The Morgan fingerprint density at radius 2 is 1.73 bits per heavy atom. The molecule has 0 spiro atoms. The summed E-state index contributed by atoms with van der Waals surface area (Å²) in [7, 11) is -4.41. The highest BCUT2D eigenvalue weighted by atomic mass is 32.1. The first-order chi connectivity index (χ1) is 6.69. The highest BCUT2D eigenvalue weighted by Crippen LogP contribution is 2.34. The average molecular weight is 260 g/mol. The number of aliphatic hydroxyl groups is 4. The maximum Gasteiger partial charge on any atom is 0.330 e. The van der Waals surface area contributed by atoms with Crippen LogP contribution in [-0.2, 0) is 4.57 Å². The molecule has 0 radical (unpaired) electrons. The van der Waals surface area contributed by atoms with Crippen LogP contribution in [0.15, 0.2) is 0 Å². The van der Waals surface area contributed by atoms with E-state index in [0.717, 1.165) is 0 Å². The van der Waals surface area contributed by atoms with Crippen LogP contribution in [0.5, 0.6) is 0 Å². The van der Waals surface area contributed by atoms with E-state index in [1.165, 1.54) is 0 Å². The highest BCUT2D eigenvalue weighted by Gasteiger charge is 2.30. The Hall–Kier alpha value is 0.0800. The highest BCUT2D eigenvalue weighted by molar-refractivity contribution is 7.81. The Morgan fingerprint density at radius 3 is 2.07 bits per heavy atom. The molecule has 0 aromatic rings. The molecular weight excluding hydrogens is 247 g/mol. The molecule has 0 saturated heterocycles. The summed E-state index contributed by atoms with van der Waals surface area (Å²) in [6.07, 6.45) is -6.02. The zero-order valence-electron chi connectivity index (χ0n) is 7.59. The molecule has 90 valence electrons. The Bertz CT molecular complexity index is 264. The van der Waals surface area contributed by atoms with Gasteiger partial charge in [0.25, 0.3) is 0 Å². The molecular formula is C6H13O7PS. The van der Waals surface area contributed by atoms with Crippen LogP contribution < -0.4 is 0 Å². The summed E-state index contributed by atoms with van der Waals surface area (Å²) in [6.45, 7) is -0.795. The molecule has 0 fully saturated rings. The molecule has 0 aromatic carbocycles. The van der Waals surface area contributed by atoms with Gasteiger partial charge in [-0.05, 0) is 0 Å². The standard InChI is InChI=1S/C6H13O7PS/c7-1-3(8)5(9)6(10)4(15)2-14(11,12)13/h3,5-10H,1-2H2,(H2,11,12,13)/t3-,5-,6+/m1/s1. The molecule has 0 bridgehead atoms. The van der Waals surface area contributed by atoms with Crippen molar-refractivity contribution >= 4 is 24.7 Å². The molecule has 0 heterocycles. The molecule has 0 amide bonds. The molecule has 15 heavy (non-hydrogen) atoms. The van der Waals surface area contributed by atoms with Crippen molar-refractivity contribution in [2.75, 3.05) is 12.8 Å². The second-order valence-corrected chi connectivity index (χ2v) is 5.14. The lowest BCUT2D eigenvalue weighted by Crippen LogP contribution is -2.44. The van der Waals surface area contributed by atoms with Gasteiger partial charge in [0.05, 0.1) is 12.8 Å². The van der Waals surface area contributed by atoms with Gasteiger partial charge < -0.3 is 30.2 Å². The average Bonchev–Trinajstić information content (AvgIpc) is 2.11. The first kappa shape index (κ1) is 15.1. The lowest BCUT2D eigenvalue weighted by Gasteiger charge is -2.22. The molecule has 6 N–H and O–H groups in total. The minimum atomic E-state index is -4.41. The summed E-state index contributed by atoms with van der Waals surface area (Å²) in [4.78, 5) is 16.6. The van der Waals surface area contributed by atoms with Crippen LogP contribution in [0.1, 0.15) is 0 Å². The first-order valence-electron chi connectivity index (χ1n) is 3.91. The van der Waals surface area contributed by atoms with E-state index in [0.29, 0.717) is 0 Å². The molecule has 0 aliphatic carbocycles. The minimum Gasteiger partial charge on any atom is -0.394 e. The number of thiocarbonyl (C=S) groups is 1. The van der Waals surface area contributed by atoms with Crippen LogP contribution >= 0.6 is 19.8 Å².